The van der Waals surface area contributed by atoms with Crippen LogP contribution in [0.3, 0.4) is 0 Å². The van der Waals surface area contributed by atoms with E-state index in [0.29, 0.717) is 13.2 Å². The smallest absolute Gasteiger partial charge is 0.186 e. The predicted molar refractivity (Wildman–Crippen MR) is 57.7 cm³/mol. The molecule has 2 saturated heterocycles. The molecule has 0 aromatic rings. The van der Waals surface area contributed by atoms with Crippen molar-refractivity contribution in [1.82, 2.24) is 0 Å². The van der Waals surface area contributed by atoms with E-state index in [0.717, 1.165) is 0 Å². The van der Waals surface area contributed by atoms with Crippen LogP contribution in [0.15, 0.2) is 12.7 Å². The molecule has 2 heterocycles. The maximum absolute atomic E-state index is 5.93. The molecule has 0 radical (unpaired) electrons. The van der Waals surface area contributed by atoms with Crippen LogP contribution in [0.25, 0.3) is 0 Å². The fourth-order valence-electron chi connectivity index (χ4n) is 2.06. The van der Waals surface area contributed by atoms with Gasteiger partial charge in [-0.25, -0.2) is 0 Å². The molecule has 2 aliphatic rings. The molecule has 2 fully saturated rings. The van der Waals surface area contributed by atoms with Gasteiger partial charge >= 0.3 is 0 Å². The molecule has 0 aromatic heterocycles. The largest absolute Gasteiger partial charge is 0.348 e. The highest BCUT2D eigenvalue weighted by molar-refractivity contribution is 4.94. The van der Waals surface area contributed by atoms with Gasteiger partial charge in [0.05, 0.1) is 19.3 Å². The van der Waals surface area contributed by atoms with Crippen molar-refractivity contribution in [2.75, 3.05) is 13.2 Å². The van der Waals surface area contributed by atoms with Gasteiger partial charge in [0.15, 0.2) is 12.1 Å². The summed E-state index contributed by atoms with van der Waals surface area (Å²) in [5.74, 6) is -0.629. The third-order valence-electron chi connectivity index (χ3n) is 2.69. The maximum Gasteiger partial charge on any atom is 0.186 e. The normalized spacial score (nSPS) is 41.7. The zero-order chi connectivity index (χ0) is 11.8. The van der Waals surface area contributed by atoms with E-state index in [-0.39, 0.29) is 18.2 Å². The molecular formula is C11H19NO4. The van der Waals surface area contributed by atoms with E-state index in [9.17, 15) is 0 Å². The fourth-order valence-corrected chi connectivity index (χ4v) is 2.06. The Morgan fingerprint density at radius 1 is 1.44 bits per heavy atom. The summed E-state index contributed by atoms with van der Waals surface area (Å²) in [5, 5.41) is 0. The minimum atomic E-state index is -0.629. The van der Waals surface area contributed by atoms with Crippen LogP contribution in [0.4, 0.5) is 0 Å². The minimum Gasteiger partial charge on any atom is -0.348 e. The van der Waals surface area contributed by atoms with Crippen molar-refractivity contribution in [2.45, 2.75) is 44.2 Å². The number of fused-ring (bicyclic) bond motifs is 1. The predicted octanol–water partition coefficient (Wildman–Crippen LogP) is 0.393. The van der Waals surface area contributed by atoms with Crippen molar-refractivity contribution in [1.29, 1.82) is 0 Å². The van der Waals surface area contributed by atoms with E-state index >= 15 is 0 Å². The highest BCUT2D eigenvalue weighted by Gasteiger charge is 2.51. The van der Waals surface area contributed by atoms with Crippen molar-refractivity contribution >= 4 is 0 Å². The third-order valence-corrected chi connectivity index (χ3v) is 2.69. The van der Waals surface area contributed by atoms with E-state index in [1.165, 1.54) is 0 Å². The molecule has 0 bridgehead atoms. The maximum atomic E-state index is 5.93. The van der Waals surface area contributed by atoms with Gasteiger partial charge in [0.1, 0.15) is 12.2 Å². The van der Waals surface area contributed by atoms with Gasteiger partial charge in [0.2, 0.25) is 0 Å². The topological polar surface area (TPSA) is 62.9 Å². The Labute approximate surface area is 95.5 Å². The number of hydrogen-bond donors (Lipinski definition) is 1. The van der Waals surface area contributed by atoms with Crippen LogP contribution in [-0.2, 0) is 18.9 Å². The molecule has 2 N–H and O–H groups in total. The lowest BCUT2D eigenvalue weighted by molar-refractivity contribution is -0.228. The molecule has 4 atom stereocenters. The first kappa shape index (κ1) is 12.0. The molecule has 0 aliphatic carbocycles. The molecule has 0 aromatic carbocycles. The Balaban J connectivity index is 2.05. The van der Waals surface area contributed by atoms with Gasteiger partial charge in [0.25, 0.3) is 0 Å². The van der Waals surface area contributed by atoms with Crippen LogP contribution < -0.4 is 5.73 Å². The number of nitrogens with two attached hydrogens (primary N) is 1. The molecule has 0 spiro atoms. The quantitative estimate of drug-likeness (QED) is 0.709. The standard InChI is InChI=1S/C11H19NO4/c1-4-5-13-10-9-8(7(12)6-14-10)15-11(2,3)16-9/h4,7-10H,1,5-6,12H2,2-3H3/t7-,8-,9-,10?/m0/s1. The average molecular weight is 229 g/mol. The van der Waals surface area contributed by atoms with E-state index in [1.54, 1.807) is 6.08 Å². The van der Waals surface area contributed by atoms with Crippen LogP contribution in [0.2, 0.25) is 0 Å². The summed E-state index contributed by atoms with van der Waals surface area (Å²) in [4.78, 5) is 0. The Hall–Kier alpha value is -0.460. The van der Waals surface area contributed by atoms with E-state index in [4.69, 9.17) is 24.7 Å². The molecule has 1 unspecified atom stereocenters. The van der Waals surface area contributed by atoms with Gasteiger partial charge in [-0.3, -0.25) is 0 Å². The Morgan fingerprint density at radius 3 is 2.81 bits per heavy atom. The molecule has 16 heavy (non-hydrogen) atoms. The van der Waals surface area contributed by atoms with E-state index in [1.807, 2.05) is 13.8 Å². The second-order valence-electron chi connectivity index (χ2n) is 4.55. The van der Waals surface area contributed by atoms with Crippen LogP contribution >= 0.6 is 0 Å². The average Bonchev–Trinajstić information content (AvgIpc) is 2.54. The summed E-state index contributed by atoms with van der Waals surface area (Å²) in [7, 11) is 0. The van der Waals surface area contributed by atoms with Gasteiger partial charge in [-0.15, -0.1) is 6.58 Å². The Bertz CT molecular complexity index is 269. The van der Waals surface area contributed by atoms with Gasteiger partial charge in [-0.1, -0.05) is 6.08 Å². The molecule has 2 aliphatic heterocycles. The molecular weight excluding hydrogens is 210 g/mol. The van der Waals surface area contributed by atoms with E-state index < -0.39 is 12.1 Å². The van der Waals surface area contributed by atoms with Crippen molar-refractivity contribution in [2.24, 2.45) is 5.73 Å². The highest BCUT2D eigenvalue weighted by Crippen LogP contribution is 2.35. The first-order valence-electron chi connectivity index (χ1n) is 5.49. The van der Waals surface area contributed by atoms with Crippen molar-refractivity contribution in [3.63, 3.8) is 0 Å². The highest BCUT2D eigenvalue weighted by atomic mass is 16.8. The molecule has 92 valence electrons. The van der Waals surface area contributed by atoms with Crippen molar-refractivity contribution < 1.29 is 18.9 Å². The molecule has 2 rings (SSSR count). The summed E-state index contributed by atoms with van der Waals surface area (Å²) in [5.41, 5.74) is 5.93. The zero-order valence-electron chi connectivity index (χ0n) is 9.72. The van der Waals surface area contributed by atoms with Crippen molar-refractivity contribution in [3.8, 4) is 0 Å². The van der Waals surface area contributed by atoms with Gasteiger partial charge in [-0.05, 0) is 13.8 Å². The number of ether oxygens (including phenoxy) is 4. The summed E-state index contributed by atoms with van der Waals surface area (Å²) in [6.45, 7) is 8.17. The number of hydrogen-bond acceptors (Lipinski definition) is 5. The SMILES string of the molecule is C=CCOC1OC[C@H](N)[C@@H]2OC(C)(C)O[C@H]12. The second-order valence-corrected chi connectivity index (χ2v) is 4.55. The van der Waals surface area contributed by atoms with Crippen molar-refractivity contribution in [3.05, 3.63) is 12.7 Å². The molecule has 0 saturated carbocycles. The summed E-state index contributed by atoms with van der Waals surface area (Å²) in [6, 6.07) is -0.171. The zero-order valence-corrected chi connectivity index (χ0v) is 9.72. The van der Waals surface area contributed by atoms with Crippen LogP contribution in [0, 0.1) is 0 Å². The lowest BCUT2D eigenvalue weighted by Gasteiger charge is -2.34. The summed E-state index contributed by atoms with van der Waals surface area (Å²) >= 11 is 0. The second kappa shape index (κ2) is 4.43. The van der Waals surface area contributed by atoms with Crippen LogP contribution in [0.5, 0.6) is 0 Å². The first-order valence-corrected chi connectivity index (χ1v) is 5.49. The van der Waals surface area contributed by atoms with Crippen LogP contribution in [0.1, 0.15) is 13.8 Å². The molecule has 5 nitrogen and oxygen atoms in total. The van der Waals surface area contributed by atoms with Crippen LogP contribution in [-0.4, -0.2) is 43.5 Å². The monoisotopic (exact) mass is 229 g/mol. The van der Waals surface area contributed by atoms with Gasteiger partial charge < -0.3 is 24.7 Å². The number of rotatable bonds is 3. The van der Waals surface area contributed by atoms with Gasteiger partial charge in [-0.2, -0.15) is 0 Å². The Kier molecular flexibility index (Phi) is 3.32. The molecule has 0 amide bonds. The lowest BCUT2D eigenvalue weighted by Crippen LogP contribution is -2.55. The fraction of sp³-hybridized carbons (Fsp3) is 0.818. The first-order chi connectivity index (χ1) is 7.53. The summed E-state index contributed by atoms with van der Waals surface area (Å²) in [6.07, 6.45) is 0.815. The lowest BCUT2D eigenvalue weighted by atomic mass is 10.0. The third kappa shape index (κ3) is 2.28. The van der Waals surface area contributed by atoms with E-state index in [2.05, 4.69) is 6.58 Å². The minimum absolute atomic E-state index is 0.168. The summed E-state index contributed by atoms with van der Waals surface area (Å²) < 4.78 is 22.5. The molecule has 5 heteroatoms. The van der Waals surface area contributed by atoms with Gasteiger partial charge in [0, 0.05) is 0 Å². The Morgan fingerprint density at radius 2 is 2.12 bits per heavy atom.